The van der Waals surface area contributed by atoms with Crippen molar-refractivity contribution in [1.29, 1.82) is 0 Å². The zero-order valence-corrected chi connectivity index (χ0v) is 19.3. The molecule has 2 nitrogen and oxygen atoms in total. The lowest BCUT2D eigenvalue weighted by Gasteiger charge is -2.47. The minimum atomic E-state index is -0.0510. The number of hydrogen-bond acceptors (Lipinski definition) is 2. The maximum atomic E-state index is 10.9. The molecule has 4 saturated carbocycles. The molecule has 0 aromatic carbocycles. The van der Waals surface area contributed by atoms with Gasteiger partial charge in [-0.15, -0.1) is 0 Å². The summed E-state index contributed by atoms with van der Waals surface area (Å²) < 4.78 is 0. The van der Waals surface area contributed by atoms with E-state index in [4.69, 9.17) is 0 Å². The molecule has 0 amide bonds. The normalized spacial score (nSPS) is 45.9. The molecule has 0 saturated heterocycles. The van der Waals surface area contributed by atoms with Crippen molar-refractivity contribution >= 4 is 0 Å². The Bertz CT molecular complexity index is 449. The van der Waals surface area contributed by atoms with E-state index in [1.54, 1.807) is 0 Å². The lowest BCUT2D eigenvalue weighted by Crippen LogP contribution is -2.42. The van der Waals surface area contributed by atoms with Crippen LogP contribution in [0.1, 0.15) is 110 Å². The Morgan fingerprint density at radius 2 is 0.931 bits per heavy atom. The van der Waals surface area contributed by atoms with Gasteiger partial charge in [0.15, 0.2) is 0 Å². The molecular formula is C27H48O2. The van der Waals surface area contributed by atoms with E-state index < -0.39 is 0 Å². The van der Waals surface area contributed by atoms with E-state index in [0.717, 1.165) is 36.5 Å². The van der Waals surface area contributed by atoms with Crippen LogP contribution < -0.4 is 0 Å². The fourth-order valence-corrected chi connectivity index (χ4v) is 8.16. The second-order valence-electron chi connectivity index (χ2n) is 11.9. The van der Waals surface area contributed by atoms with Gasteiger partial charge in [0.25, 0.3) is 0 Å². The van der Waals surface area contributed by atoms with Crippen LogP contribution in [0.2, 0.25) is 0 Å². The molecule has 2 heteroatoms. The molecule has 29 heavy (non-hydrogen) atoms. The summed E-state index contributed by atoms with van der Waals surface area (Å²) in [4.78, 5) is 0. The minimum absolute atomic E-state index is 0.0510. The molecule has 2 N–H and O–H groups in total. The highest BCUT2D eigenvalue weighted by Crippen LogP contribution is 2.49. The zero-order chi connectivity index (χ0) is 20.4. The Morgan fingerprint density at radius 3 is 1.31 bits per heavy atom. The number of hydrogen-bond donors (Lipinski definition) is 2. The Labute approximate surface area is 180 Å². The summed E-state index contributed by atoms with van der Waals surface area (Å²) in [5.41, 5.74) is 0. The second-order valence-corrected chi connectivity index (χ2v) is 11.9. The van der Waals surface area contributed by atoms with E-state index in [9.17, 15) is 10.2 Å². The predicted molar refractivity (Wildman–Crippen MR) is 121 cm³/mol. The van der Waals surface area contributed by atoms with Crippen molar-refractivity contribution < 1.29 is 10.2 Å². The first-order chi connectivity index (χ1) is 14.0. The van der Waals surface area contributed by atoms with Gasteiger partial charge in [-0.1, -0.05) is 78.1 Å². The fourth-order valence-electron chi connectivity index (χ4n) is 8.16. The van der Waals surface area contributed by atoms with E-state index in [1.165, 1.54) is 83.5 Å². The largest absolute Gasteiger partial charge is 0.393 e. The Hall–Kier alpha value is -0.0800. The number of rotatable bonds is 4. The van der Waals surface area contributed by atoms with Gasteiger partial charge in [0.2, 0.25) is 0 Å². The van der Waals surface area contributed by atoms with Crippen LogP contribution in [-0.2, 0) is 0 Å². The highest BCUT2D eigenvalue weighted by Gasteiger charge is 2.43. The first-order valence-corrected chi connectivity index (χ1v) is 13.4. The molecule has 4 fully saturated rings. The molecule has 0 heterocycles. The maximum absolute atomic E-state index is 10.9. The van der Waals surface area contributed by atoms with Crippen molar-refractivity contribution in [2.45, 2.75) is 122 Å². The van der Waals surface area contributed by atoms with Gasteiger partial charge in [-0.05, 0) is 79.4 Å². The smallest absolute Gasteiger partial charge is 0.0573 e. The summed E-state index contributed by atoms with van der Waals surface area (Å²) in [7, 11) is 0. The molecule has 8 atom stereocenters. The van der Waals surface area contributed by atoms with Crippen molar-refractivity contribution in [3.05, 3.63) is 0 Å². The average Bonchev–Trinajstić information content (AvgIpc) is 2.73. The Morgan fingerprint density at radius 1 is 0.552 bits per heavy atom. The van der Waals surface area contributed by atoms with Crippen LogP contribution in [0.4, 0.5) is 0 Å². The van der Waals surface area contributed by atoms with Gasteiger partial charge in [-0.25, -0.2) is 0 Å². The van der Waals surface area contributed by atoms with Crippen LogP contribution in [0, 0.1) is 47.3 Å². The fraction of sp³-hybridized carbons (Fsp3) is 1.00. The molecule has 4 aliphatic rings. The molecule has 4 rings (SSSR count). The van der Waals surface area contributed by atoms with E-state index in [0.29, 0.717) is 23.7 Å². The van der Waals surface area contributed by atoms with Crippen molar-refractivity contribution in [2.75, 3.05) is 0 Å². The summed E-state index contributed by atoms with van der Waals surface area (Å²) in [6.07, 6.45) is 19.6. The molecule has 0 aromatic rings. The van der Waals surface area contributed by atoms with Gasteiger partial charge >= 0.3 is 0 Å². The first-order valence-electron chi connectivity index (χ1n) is 13.4. The van der Waals surface area contributed by atoms with Crippen LogP contribution in [0.5, 0.6) is 0 Å². The maximum Gasteiger partial charge on any atom is 0.0573 e. The van der Waals surface area contributed by atoms with Gasteiger partial charge in [0, 0.05) is 0 Å². The monoisotopic (exact) mass is 404 g/mol. The van der Waals surface area contributed by atoms with E-state index in [1.807, 2.05) is 0 Å². The SMILES string of the molecule is CC1CC(O)C(C2CCCCC2)CC1CC1CC(C2CCCCC2)C(O)CC1C. The molecule has 4 aliphatic carbocycles. The lowest BCUT2D eigenvalue weighted by molar-refractivity contribution is -0.0444. The van der Waals surface area contributed by atoms with Crippen LogP contribution in [0.25, 0.3) is 0 Å². The molecule has 0 bridgehead atoms. The van der Waals surface area contributed by atoms with Crippen LogP contribution >= 0.6 is 0 Å². The molecule has 168 valence electrons. The summed E-state index contributed by atoms with van der Waals surface area (Å²) in [6.45, 7) is 4.82. The second kappa shape index (κ2) is 10.0. The van der Waals surface area contributed by atoms with E-state index in [2.05, 4.69) is 13.8 Å². The predicted octanol–water partition coefficient (Wildman–Crippen LogP) is 6.58. The Kier molecular flexibility index (Phi) is 7.65. The third kappa shape index (κ3) is 5.22. The van der Waals surface area contributed by atoms with Gasteiger partial charge < -0.3 is 10.2 Å². The summed E-state index contributed by atoms with van der Waals surface area (Å²) in [5, 5.41) is 21.8. The van der Waals surface area contributed by atoms with Crippen molar-refractivity contribution in [1.82, 2.24) is 0 Å². The first kappa shape index (κ1) is 22.1. The van der Waals surface area contributed by atoms with Crippen molar-refractivity contribution in [3.8, 4) is 0 Å². The quantitative estimate of drug-likeness (QED) is 0.555. The number of aliphatic hydroxyl groups excluding tert-OH is 2. The molecular weight excluding hydrogens is 356 g/mol. The average molecular weight is 405 g/mol. The highest BCUT2D eigenvalue weighted by atomic mass is 16.3. The Balaban J connectivity index is 1.39. The lowest BCUT2D eigenvalue weighted by atomic mass is 9.60. The van der Waals surface area contributed by atoms with Crippen molar-refractivity contribution in [3.63, 3.8) is 0 Å². The topological polar surface area (TPSA) is 40.5 Å². The third-order valence-corrected chi connectivity index (χ3v) is 10.1. The molecule has 0 radical (unpaired) electrons. The highest BCUT2D eigenvalue weighted by molar-refractivity contribution is 4.93. The van der Waals surface area contributed by atoms with E-state index in [-0.39, 0.29) is 12.2 Å². The minimum Gasteiger partial charge on any atom is -0.393 e. The standard InChI is InChI=1S/C27H48O2/c1-18-13-26(28)24(20-9-5-3-6-10-20)16-22(18)15-23-17-25(27(29)14-19(23)2)21-11-7-4-8-12-21/h18-29H,3-17H2,1-2H3. The molecule has 0 spiro atoms. The number of aliphatic hydroxyl groups is 2. The van der Waals surface area contributed by atoms with Crippen LogP contribution in [0.3, 0.4) is 0 Å². The zero-order valence-electron chi connectivity index (χ0n) is 19.3. The van der Waals surface area contributed by atoms with E-state index >= 15 is 0 Å². The molecule has 0 aromatic heterocycles. The van der Waals surface area contributed by atoms with Gasteiger partial charge in [-0.3, -0.25) is 0 Å². The summed E-state index contributed by atoms with van der Waals surface area (Å²) in [5.74, 6) is 5.61. The molecule has 8 unspecified atom stereocenters. The third-order valence-electron chi connectivity index (χ3n) is 10.1. The summed E-state index contributed by atoms with van der Waals surface area (Å²) in [6, 6.07) is 0. The van der Waals surface area contributed by atoms with Gasteiger partial charge in [-0.2, -0.15) is 0 Å². The van der Waals surface area contributed by atoms with Gasteiger partial charge in [0.1, 0.15) is 0 Å². The summed E-state index contributed by atoms with van der Waals surface area (Å²) >= 11 is 0. The van der Waals surface area contributed by atoms with Crippen molar-refractivity contribution in [2.24, 2.45) is 47.3 Å². The molecule has 0 aliphatic heterocycles. The van der Waals surface area contributed by atoms with Gasteiger partial charge in [0.05, 0.1) is 12.2 Å². The van der Waals surface area contributed by atoms with Crippen LogP contribution in [-0.4, -0.2) is 22.4 Å². The van der Waals surface area contributed by atoms with Crippen LogP contribution in [0.15, 0.2) is 0 Å².